The highest BCUT2D eigenvalue weighted by Gasteiger charge is 2.31. The van der Waals surface area contributed by atoms with Gasteiger partial charge in [-0.1, -0.05) is 37.6 Å². The van der Waals surface area contributed by atoms with Crippen molar-refractivity contribution in [3.63, 3.8) is 0 Å². The summed E-state index contributed by atoms with van der Waals surface area (Å²) < 4.78 is 0. The minimum Gasteiger partial charge on any atom is -0.390 e. The molecule has 0 fully saturated rings. The molecule has 0 aliphatic carbocycles. The highest BCUT2D eigenvalue weighted by molar-refractivity contribution is 6.31. The summed E-state index contributed by atoms with van der Waals surface area (Å²) in [6.07, 6.45) is 0. The Labute approximate surface area is 103 Å². The van der Waals surface area contributed by atoms with Crippen molar-refractivity contribution in [3.8, 4) is 0 Å². The minimum absolute atomic E-state index is 0.102. The van der Waals surface area contributed by atoms with E-state index in [1.807, 2.05) is 32.9 Å². The summed E-state index contributed by atoms with van der Waals surface area (Å²) in [6.45, 7) is 9.93. The zero-order valence-corrected chi connectivity index (χ0v) is 11.5. The monoisotopic (exact) mass is 240 g/mol. The SMILES string of the molecule is Cc1ccc(C(C(C)C)C(C)(C)O)cc1Cl. The molecule has 0 bridgehead atoms. The van der Waals surface area contributed by atoms with Crippen molar-refractivity contribution >= 4 is 11.6 Å². The summed E-state index contributed by atoms with van der Waals surface area (Å²) in [5.74, 6) is 0.476. The van der Waals surface area contributed by atoms with E-state index in [2.05, 4.69) is 19.9 Å². The van der Waals surface area contributed by atoms with Crippen LogP contribution in [0, 0.1) is 12.8 Å². The van der Waals surface area contributed by atoms with Gasteiger partial charge in [-0.05, 0) is 43.9 Å². The lowest BCUT2D eigenvalue weighted by molar-refractivity contribution is 0.0332. The normalized spacial score (nSPS) is 14.2. The fraction of sp³-hybridized carbons (Fsp3) is 0.571. The fourth-order valence-electron chi connectivity index (χ4n) is 2.41. The molecule has 0 heterocycles. The average Bonchev–Trinajstić information content (AvgIpc) is 2.08. The van der Waals surface area contributed by atoms with Crippen LogP contribution in [0.3, 0.4) is 0 Å². The van der Waals surface area contributed by atoms with Crippen molar-refractivity contribution in [1.82, 2.24) is 0 Å². The molecule has 0 aliphatic heterocycles. The first kappa shape index (κ1) is 13.5. The van der Waals surface area contributed by atoms with Gasteiger partial charge >= 0.3 is 0 Å². The summed E-state index contributed by atoms with van der Waals surface area (Å²) in [5.41, 5.74) is 1.45. The lowest BCUT2D eigenvalue weighted by atomic mass is 9.77. The molecule has 1 nitrogen and oxygen atoms in total. The number of hydrogen-bond acceptors (Lipinski definition) is 1. The maximum absolute atomic E-state index is 10.2. The van der Waals surface area contributed by atoms with Crippen LogP contribution in [0.2, 0.25) is 5.02 Å². The molecule has 1 atom stereocenters. The van der Waals surface area contributed by atoms with Crippen LogP contribution in [0.15, 0.2) is 18.2 Å². The Morgan fingerprint density at radius 1 is 1.25 bits per heavy atom. The molecule has 0 spiro atoms. The Kier molecular flexibility index (Phi) is 4.03. The van der Waals surface area contributed by atoms with Crippen LogP contribution in [0.25, 0.3) is 0 Å². The van der Waals surface area contributed by atoms with E-state index in [-0.39, 0.29) is 5.92 Å². The van der Waals surface area contributed by atoms with Gasteiger partial charge in [0.05, 0.1) is 5.60 Å². The molecule has 0 aromatic heterocycles. The van der Waals surface area contributed by atoms with E-state index in [1.165, 1.54) is 0 Å². The van der Waals surface area contributed by atoms with Crippen molar-refractivity contribution in [2.75, 3.05) is 0 Å². The largest absolute Gasteiger partial charge is 0.390 e. The molecule has 2 heteroatoms. The Morgan fingerprint density at radius 3 is 2.19 bits per heavy atom. The predicted molar refractivity (Wildman–Crippen MR) is 70.1 cm³/mol. The molecule has 0 amide bonds. The van der Waals surface area contributed by atoms with E-state index in [1.54, 1.807) is 0 Å². The van der Waals surface area contributed by atoms with Crippen molar-refractivity contribution in [1.29, 1.82) is 0 Å². The summed E-state index contributed by atoms with van der Waals surface area (Å²) >= 11 is 6.13. The Bertz CT molecular complexity index is 363. The van der Waals surface area contributed by atoms with Gasteiger partial charge in [-0.3, -0.25) is 0 Å². The van der Waals surface area contributed by atoms with Gasteiger partial charge in [-0.15, -0.1) is 0 Å². The summed E-state index contributed by atoms with van der Waals surface area (Å²) in [6, 6.07) is 6.04. The van der Waals surface area contributed by atoms with Crippen LogP contribution in [-0.2, 0) is 0 Å². The zero-order valence-electron chi connectivity index (χ0n) is 10.7. The number of halogens is 1. The lowest BCUT2D eigenvalue weighted by Crippen LogP contribution is -2.32. The highest BCUT2D eigenvalue weighted by atomic mass is 35.5. The standard InChI is InChI=1S/C14H21ClO/c1-9(2)13(14(4,5)16)11-7-6-10(3)12(15)8-11/h6-9,13,16H,1-5H3. The van der Waals surface area contributed by atoms with Crippen LogP contribution >= 0.6 is 11.6 Å². The van der Waals surface area contributed by atoms with Crippen LogP contribution in [0.1, 0.15) is 44.7 Å². The van der Waals surface area contributed by atoms with Gasteiger partial charge in [0.15, 0.2) is 0 Å². The minimum atomic E-state index is -0.729. The third-order valence-electron chi connectivity index (χ3n) is 2.98. The van der Waals surface area contributed by atoms with Crippen LogP contribution in [0.5, 0.6) is 0 Å². The summed E-state index contributed by atoms with van der Waals surface area (Å²) in [5, 5.41) is 11.0. The number of rotatable bonds is 3. The van der Waals surface area contributed by atoms with E-state index in [4.69, 9.17) is 11.6 Å². The van der Waals surface area contributed by atoms with Gasteiger partial charge in [0.25, 0.3) is 0 Å². The molecule has 1 N–H and O–H groups in total. The third kappa shape index (κ3) is 2.99. The second-order valence-corrected chi connectivity index (χ2v) is 5.79. The first-order chi connectivity index (χ1) is 7.23. The smallest absolute Gasteiger partial charge is 0.0662 e. The quantitative estimate of drug-likeness (QED) is 0.841. The lowest BCUT2D eigenvalue weighted by Gasteiger charge is -2.33. The summed E-state index contributed by atoms with van der Waals surface area (Å²) in [4.78, 5) is 0. The van der Waals surface area contributed by atoms with E-state index in [0.717, 1.165) is 16.1 Å². The molecule has 90 valence electrons. The number of aliphatic hydroxyl groups is 1. The van der Waals surface area contributed by atoms with E-state index >= 15 is 0 Å². The van der Waals surface area contributed by atoms with Crippen molar-refractivity contribution < 1.29 is 5.11 Å². The highest BCUT2D eigenvalue weighted by Crippen LogP contribution is 2.36. The molecular weight excluding hydrogens is 220 g/mol. The van der Waals surface area contributed by atoms with Crippen molar-refractivity contribution in [2.45, 2.75) is 46.1 Å². The first-order valence-electron chi connectivity index (χ1n) is 5.72. The molecule has 0 aliphatic rings. The van der Waals surface area contributed by atoms with Gasteiger partial charge in [-0.25, -0.2) is 0 Å². The summed E-state index contributed by atoms with van der Waals surface area (Å²) in [7, 11) is 0. The van der Waals surface area contributed by atoms with Gasteiger partial charge in [0, 0.05) is 10.9 Å². The average molecular weight is 241 g/mol. The maximum atomic E-state index is 10.2. The molecule has 1 aromatic carbocycles. The molecule has 16 heavy (non-hydrogen) atoms. The number of hydrogen-bond donors (Lipinski definition) is 1. The predicted octanol–water partition coefficient (Wildman–Crippen LogP) is 4.16. The maximum Gasteiger partial charge on any atom is 0.0662 e. The van der Waals surface area contributed by atoms with Crippen LogP contribution in [-0.4, -0.2) is 10.7 Å². The molecule has 0 saturated carbocycles. The van der Waals surface area contributed by atoms with Gasteiger partial charge in [0.1, 0.15) is 0 Å². The fourth-order valence-corrected chi connectivity index (χ4v) is 2.60. The van der Waals surface area contributed by atoms with Gasteiger partial charge in [0.2, 0.25) is 0 Å². The van der Waals surface area contributed by atoms with Crippen molar-refractivity contribution in [3.05, 3.63) is 34.3 Å². The molecular formula is C14H21ClO. The van der Waals surface area contributed by atoms with Crippen LogP contribution < -0.4 is 0 Å². The number of benzene rings is 1. The molecule has 1 unspecified atom stereocenters. The Balaban J connectivity index is 3.17. The van der Waals surface area contributed by atoms with E-state index in [9.17, 15) is 5.11 Å². The van der Waals surface area contributed by atoms with Gasteiger partial charge < -0.3 is 5.11 Å². The Hall–Kier alpha value is -0.530. The second-order valence-electron chi connectivity index (χ2n) is 5.38. The second kappa shape index (κ2) is 4.77. The van der Waals surface area contributed by atoms with Crippen molar-refractivity contribution in [2.24, 2.45) is 5.92 Å². The number of aryl methyl sites for hydroxylation is 1. The molecule has 0 saturated heterocycles. The molecule has 0 radical (unpaired) electrons. The molecule has 1 aromatic rings. The topological polar surface area (TPSA) is 20.2 Å². The van der Waals surface area contributed by atoms with E-state index < -0.39 is 5.60 Å². The third-order valence-corrected chi connectivity index (χ3v) is 3.39. The Morgan fingerprint density at radius 2 is 1.81 bits per heavy atom. The van der Waals surface area contributed by atoms with Gasteiger partial charge in [-0.2, -0.15) is 0 Å². The zero-order chi connectivity index (χ0) is 12.5. The first-order valence-corrected chi connectivity index (χ1v) is 6.09. The molecule has 1 rings (SSSR count). The van der Waals surface area contributed by atoms with E-state index in [0.29, 0.717) is 5.92 Å². The van der Waals surface area contributed by atoms with Crippen LogP contribution in [0.4, 0.5) is 0 Å².